The van der Waals surface area contributed by atoms with E-state index in [4.69, 9.17) is 0 Å². The highest BCUT2D eigenvalue weighted by molar-refractivity contribution is 7.89. The molecule has 1 saturated heterocycles. The average molecular weight is 450 g/mol. The second kappa shape index (κ2) is 9.65. The number of carbonyl (C=O) groups excluding carboxylic acids is 1. The highest BCUT2D eigenvalue weighted by Crippen LogP contribution is 2.32. The molecule has 1 heterocycles. The third-order valence-corrected chi connectivity index (χ3v) is 7.39. The Morgan fingerprint density at radius 3 is 2.37 bits per heavy atom. The fourth-order valence-electron chi connectivity index (χ4n) is 3.68. The number of sulfonamides is 1. The number of hydrogen-bond donors (Lipinski definition) is 1. The van der Waals surface area contributed by atoms with Gasteiger partial charge in [-0.2, -0.15) is 17.5 Å². The summed E-state index contributed by atoms with van der Waals surface area (Å²) in [5, 5.41) is 3.04. The van der Waals surface area contributed by atoms with Crippen molar-refractivity contribution in [2.24, 2.45) is 5.92 Å². The molecule has 1 aromatic rings. The third-order valence-electron chi connectivity index (χ3n) is 5.48. The van der Waals surface area contributed by atoms with Crippen LogP contribution in [0.4, 0.5) is 13.2 Å². The number of nitrogens with zero attached hydrogens (tertiary/aromatic N) is 2. The highest BCUT2D eigenvalue weighted by Gasteiger charge is 2.36. The van der Waals surface area contributed by atoms with Gasteiger partial charge in [-0.1, -0.05) is 19.9 Å². The molecule has 1 fully saturated rings. The van der Waals surface area contributed by atoms with Crippen molar-refractivity contribution in [1.29, 1.82) is 0 Å². The van der Waals surface area contributed by atoms with E-state index in [0.29, 0.717) is 44.3 Å². The largest absolute Gasteiger partial charge is 0.416 e. The van der Waals surface area contributed by atoms with Gasteiger partial charge in [0.2, 0.25) is 15.9 Å². The van der Waals surface area contributed by atoms with E-state index in [2.05, 4.69) is 5.32 Å². The first-order valence-corrected chi connectivity index (χ1v) is 11.4. The highest BCUT2D eigenvalue weighted by atomic mass is 32.2. The average Bonchev–Trinajstić information content (AvgIpc) is 2.70. The van der Waals surface area contributed by atoms with Crippen LogP contribution in [0, 0.1) is 5.92 Å². The number of halogens is 3. The van der Waals surface area contributed by atoms with Crippen LogP contribution in [0.2, 0.25) is 0 Å². The number of nitrogens with one attached hydrogen (secondary N) is 1. The molecule has 170 valence electrons. The van der Waals surface area contributed by atoms with E-state index < -0.39 is 21.8 Å². The number of piperidine rings is 1. The summed E-state index contributed by atoms with van der Waals surface area (Å²) in [6.07, 6.45) is -3.05. The van der Waals surface area contributed by atoms with E-state index in [1.54, 1.807) is 11.9 Å². The van der Waals surface area contributed by atoms with Crippen molar-refractivity contribution in [3.05, 3.63) is 29.8 Å². The lowest BCUT2D eigenvalue weighted by Crippen LogP contribution is -2.52. The zero-order valence-corrected chi connectivity index (χ0v) is 18.6. The molecule has 1 aromatic carbocycles. The minimum atomic E-state index is -4.62. The molecule has 0 spiro atoms. The fraction of sp³-hybridized carbons (Fsp3) is 0.650. The zero-order valence-electron chi connectivity index (χ0n) is 17.7. The van der Waals surface area contributed by atoms with Crippen LogP contribution in [-0.2, 0) is 21.0 Å². The summed E-state index contributed by atoms with van der Waals surface area (Å²) in [6.45, 7) is 4.89. The maximum absolute atomic E-state index is 13.0. The lowest BCUT2D eigenvalue weighted by Gasteiger charge is -2.37. The van der Waals surface area contributed by atoms with Crippen LogP contribution >= 0.6 is 0 Å². The monoisotopic (exact) mass is 449 g/mol. The summed E-state index contributed by atoms with van der Waals surface area (Å²) < 4.78 is 65.7. The van der Waals surface area contributed by atoms with Crippen molar-refractivity contribution in [2.75, 3.05) is 27.2 Å². The van der Waals surface area contributed by atoms with Crippen LogP contribution in [0.1, 0.15) is 38.7 Å². The van der Waals surface area contributed by atoms with Gasteiger partial charge in [0, 0.05) is 26.2 Å². The third kappa shape index (κ3) is 5.73. The van der Waals surface area contributed by atoms with Crippen LogP contribution in [0.5, 0.6) is 0 Å². The molecule has 30 heavy (non-hydrogen) atoms. The topological polar surface area (TPSA) is 69.7 Å². The molecule has 10 heteroatoms. The molecule has 2 rings (SSSR count). The predicted octanol–water partition coefficient (Wildman–Crippen LogP) is 2.95. The van der Waals surface area contributed by atoms with Gasteiger partial charge in [-0.25, -0.2) is 8.42 Å². The number of benzene rings is 1. The Kier molecular flexibility index (Phi) is 7.92. The van der Waals surface area contributed by atoms with Gasteiger partial charge >= 0.3 is 6.18 Å². The van der Waals surface area contributed by atoms with E-state index in [9.17, 15) is 26.4 Å². The van der Waals surface area contributed by atoms with Crippen molar-refractivity contribution >= 4 is 15.9 Å². The molecular weight excluding hydrogens is 419 g/mol. The van der Waals surface area contributed by atoms with E-state index in [0.717, 1.165) is 16.4 Å². The van der Waals surface area contributed by atoms with E-state index >= 15 is 0 Å². The van der Waals surface area contributed by atoms with Crippen molar-refractivity contribution in [1.82, 2.24) is 14.5 Å². The summed E-state index contributed by atoms with van der Waals surface area (Å²) in [7, 11) is -0.953. The normalized spacial score (nSPS) is 17.6. The van der Waals surface area contributed by atoms with Crippen molar-refractivity contribution in [3.8, 4) is 0 Å². The molecule has 0 aliphatic carbocycles. The Bertz CT molecular complexity index is 835. The van der Waals surface area contributed by atoms with Gasteiger partial charge in [-0.3, -0.25) is 4.79 Å². The van der Waals surface area contributed by atoms with Gasteiger partial charge in [0.25, 0.3) is 0 Å². The molecule has 0 saturated carbocycles. The van der Waals surface area contributed by atoms with Crippen molar-refractivity contribution in [2.45, 2.75) is 56.3 Å². The second-order valence-corrected chi connectivity index (χ2v) is 10.1. The molecule has 1 aliphatic rings. The number of likely N-dealkylation sites (N-methyl/N-ethyl adjacent to an activating group) is 1. The minimum absolute atomic E-state index is 0.00645. The van der Waals surface area contributed by atoms with E-state index in [-0.39, 0.29) is 22.9 Å². The summed E-state index contributed by atoms with van der Waals surface area (Å²) >= 11 is 0. The Labute approximate surface area is 176 Å². The SMILES string of the molecule is CNC(CC(C)C)C(=O)N1CCC(N(C)S(=O)(=O)c2cccc(C(F)(F)F)c2)CC1. The lowest BCUT2D eigenvalue weighted by molar-refractivity contribution is -0.137. The Balaban J connectivity index is 2.07. The molecular formula is C20H30F3N3O3S. The zero-order chi connectivity index (χ0) is 22.7. The second-order valence-electron chi connectivity index (χ2n) is 8.07. The quantitative estimate of drug-likeness (QED) is 0.695. The molecule has 1 atom stereocenters. The van der Waals surface area contributed by atoms with E-state index in [1.165, 1.54) is 13.1 Å². The van der Waals surface area contributed by atoms with Crippen LogP contribution in [0.3, 0.4) is 0 Å². The minimum Gasteiger partial charge on any atom is -0.341 e. The Morgan fingerprint density at radius 1 is 1.27 bits per heavy atom. The summed E-state index contributed by atoms with van der Waals surface area (Å²) in [5.74, 6) is 0.348. The lowest BCUT2D eigenvalue weighted by atomic mass is 10.00. The number of hydrogen-bond acceptors (Lipinski definition) is 4. The molecule has 1 aliphatic heterocycles. The predicted molar refractivity (Wildman–Crippen MR) is 108 cm³/mol. The first-order chi connectivity index (χ1) is 13.9. The summed E-state index contributed by atoms with van der Waals surface area (Å²) in [4.78, 5) is 14.1. The standard InChI is InChI=1S/C20H30F3N3O3S/c1-14(2)12-18(24-3)19(27)26-10-8-16(9-11-26)25(4)30(28,29)17-7-5-6-15(13-17)20(21,22)23/h5-7,13-14,16,18,24H,8-12H2,1-4H3. The van der Waals surface area contributed by atoms with Gasteiger partial charge in [0.1, 0.15) is 0 Å². The smallest absolute Gasteiger partial charge is 0.341 e. The molecule has 0 radical (unpaired) electrons. The fourth-order valence-corrected chi connectivity index (χ4v) is 5.14. The van der Waals surface area contributed by atoms with Gasteiger partial charge in [-0.15, -0.1) is 0 Å². The number of likely N-dealkylation sites (tertiary alicyclic amines) is 1. The van der Waals surface area contributed by atoms with Crippen molar-refractivity contribution in [3.63, 3.8) is 0 Å². The van der Waals surface area contributed by atoms with Crippen LogP contribution in [0.15, 0.2) is 29.2 Å². The molecule has 0 aromatic heterocycles. The maximum Gasteiger partial charge on any atom is 0.416 e. The van der Waals surface area contributed by atoms with Gasteiger partial charge in [0.15, 0.2) is 0 Å². The Morgan fingerprint density at radius 2 is 1.87 bits per heavy atom. The molecule has 1 amide bonds. The molecule has 1 unspecified atom stereocenters. The van der Waals surface area contributed by atoms with Gasteiger partial charge < -0.3 is 10.2 Å². The maximum atomic E-state index is 13.0. The first-order valence-electron chi connectivity index (χ1n) is 9.99. The molecule has 1 N–H and O–H groups in total. The summed E-state index contributed by atoms with van der Waals surface area (Å²) in [5.41, 5.74) is -0.999. The van der Waals surface area contributed by atoms with Gasteiger partial charge in [-0.05, 0) is 50.4 Å². The van der Waals surface area contributed by atoms with E-state index in [1.807, 2.05) is 13.8 Å². The first kappa shape index (κ1) is 24.6. The summed E-state index contributed by atoms with van der Waals surface area (Å²) in [6, 6.07) is 3.10. The van der Waals surface area contributed by atoms with Crippen molar-refractivity contribution < 1.29 is 26.4 Å². The Hall–Kier alpha value is -1.65. The van der Waals surface area contributed by atoms with Gasteiger partial charge in [0.05, 0.1) is 16.5 Å². The number of alkyl halides is 3. The van der Waals surface area contributed by atoms with Crippen LogP contribution in [-0.4, -0.2) is 62.8 Å². The number of rotatable bonds is 7. The van der Waals surface area contributed by atoms with Crippen LogP contribution < -0.4 is 5.32 Å². The molecule has 0 bridgehead atoms. The number of amides is 1. The molecule has 6 nitrogen and oxygen atoms in total. The van der Waals surface area contributed by atoms with Crippen LogP contribution in [0.25, 0.3) is 0 Å². The number of carbonyl (C=O) groups is 1.